The van der Waals surface area contributed by atoms with E-state index in [0.717, 1.165) is 10.9 Å². The molecule has 14 heavy (non-hydrogen) atoms. The van der Waals surface area contributed by atoms with E-state index in [4.69, 9.17) is 5.73 Å². The molecule has 0 aliphatic rings. The van der Waals surface area contributed by atoms with Crippen LogP contribution in [-0.2, 0) is 6.42 Å². The number of nitrogens with two attached hydrogens (primary N) is 1. The van der Waals surface area contributed by atoms with Gasteiger partial charge in [-0.15, -0.1) is 0 Å². The molecule has 0 heterocycles. The van der Waals surface area contributed by atoms with E-state index < -0.39 is 0 Å². The molecule has 2 nitrogen and oxygen atoms in total. The number of anilines is 1. The van der Waals surface area contributed by atoms with Crippen molar-refractivity contribution >= 4 is 21.6 Å². The van der Waals surface area contributed by atoms with Gasteiger partial charge in [-0.1, -0.05) is 6.07 Å². The van der Waals surface area contributed by atoms with Gasteiger partial charge in [0.05, 0.1) is 5.69 Å². The molecule has 0 fully saturated rings. The van der Waals surface area contributed by atoms with E-state index >= 15 is 0 Å². The number of benzene rings is 1. The molecule has 0 saturated heterocycles. The van der Waals surface area contributed by atoms with Crippen LogP contribution in [0.25, 0.3) is 0 Å². The van der Waals surface area contributed by atoms with Crippen molar-refractivity contribution in [2.24, 2.45) is 5.73 Å². The topological polar surface area (TPSA) is 29.3 Å². The maximum atomic E-state index is 5.75. The fraction of sp³-hybridized carbons (Fsp3) is 0.455. The first kappa shape index (κ1) is 11.5. The van der Waals surface area contributed by atoms with Crippen LogP contribution in [0.1, 0.15) is 12.5 Å². The summed E-state index contributed by atoms with van der Waals surface area (Å²) in [6.07, 6.45) is 0.923. The molecule has 0 aromatic heterocycles. The second-order valence-electron chi connectivity index (χ2n) is 3.86. The van der Waals surface area contributed by atoms with Crippen LogP contribution in [0.2, 0.25) is 0 Å². The summed E-state index contributed by atoms with van der Waals surface area (Å²) in [6, 6.07) is 6.59. The summed E-state index contributed by atoms with van der Waals surface area (Å²) in [4.78, 5) is 2.08. The van der Waals surface area contributed by atoms with Gasteiger partial charge >= 0.3 is 0 Å². The van der Waals surface area contributed by atoms with Gasteiger partial charge in [-0.2, -0.15) is 0 Å². The lowest BCUT2D eigenvalue weighted by Crippen LogP contribution is -2.18. The third-order valence-corrected chi connectivity index (χ3v) is 2.69. The lowest BCUT2D eigenvalue weighted by atomic mass is 10.1. The molecular formula is C11H17BrN2. The first-order valence-corrected chi connectivity index (χ1v) is 5.51. The zero-order chi connectivity index (χ0) is 10.7. The summed E-state index contributed by atoms with van der Waals surface area (Å²) in [7, 11) is 4.07. The van der Waals surface area contributed by atoms with Crippen molar-refractivity contribution in [3.63, 3.8) is 0 Å². The van der Waals surface area contributed by atoms with Crippen LogP contribution in [0, 0.1) is 0 Å². The van der Waals surface area contributed by atoms with Gasteiger partial charge in [0.1, 0.15) is 0 Å². The van der Waals surface area contributed by atoms with Crippen LogP contribution >= 0.6 is 15.9 Å². The Bertz CT molecular complexity index is 308. The Balaban J connectivity index is 2.89. The molecule has 1 rings (SSSR count). The molecule has 78 valence electrons. The Morgan fingerprint density at radius 1 is 1.43 bits per heavy atom. The van der Waals surface area contributed by atoms with Crippen molar-refractivity contribution in [2.75, 3.05) is 19.0 Å². The molecule has 2 N–H and O–H groups in total. The quantitative estimate of drug-likeness (QED) is 0.900. The van der Waals surface area contributed by atoms with Crippen molar-refractivity contribution in [2.45, 2.75) is 19.4 Å². The summed E-state index contributed by atoms with van der Waals surface area (Å²) >= 11 is 3.56. The first-order valence-electron chi connectivity index (χ1n) is 4.72. The maximum Gasteiger partial charge on any atom is 0.0505 e. The van der Waals surface area contributed by atoms with Gasteiger partial charge in [-0.05, 0) is 47.0 Å². The summed E-state index contributed by atoms with van der Waals surface area (Å²) in [5, 5.41) is 0. The van der Waals surface area contributed by atoms with Gasteiger partial charge in [0.2, 0.25) is 0 Å². The van der Waals surface area contributed by atoms with E-state index in [1.165, 1.54) is 11.3 Å². The Kier molecular flexibility index (Phi) is 3.96. The molecule has 0 spiro atoms. The molecule has 1 aromatic carbocycles. The van der Waals surface area contributed by atoms with Crippen LogP contribution < -0.4 is 10.6 Å². The second kappa shape index (κ2) is 4.80. The van der Waals surface area contributed by atoms with Crippen LogP contribution in [0.4, 0.5) is 5.69 Å². The van der Waals surface area contributed by atoms with E-state index in [1.807, 2.05) is 21.0 Å². The molecule has 0 aliphatic carbocycles. The Morgan fingerprint density at radius 3 is 2.50 bits per heavy atom. The monoisotopic (exact) mass is 256 g/mol. The van der Waals surface area contributed by atoms with Crippen molar-refractivity contribution in [1.29, 1.82) is 0 Å². The van der Waals surface area contributed by atoms with E-state index in [0.29, 0.717) is 0 Å². The minimum absolute atomic E-state index is 0.215. The largest absolute Gasteiger partial charge is 0.377 e. The first-order chi connectivity index (χ1) is 6.50. The van der Waals surface area contributed by atoms with Crippen molar-refractivity contribution in [3.05, 3.63) is 28.2 Å². The van der Waals surface area contributed by atoms with Crippen LogP contribution in [0.15, 0.2) is 22.7 Å². The number of rotatable bonds is 3. The standard InChI is InChI=1S/C11H17BrN2/c1-8(13)6-9-4-5-11(14(2)3)10(12)7-9/h4-5,7-8H,6,13H2,1-3H3. The normalized spacial score (nSPS) is 12.6. The summed E-state index contributed by atoms with van der Waals surface area (Å²) in [6.45, 7) is 2.02. The van der Waals surface area contributed by atoms with Crippen LogP contribution in [0.3, 0.4) is 0 Å². The van der Waals surface area contributed by atoms with E-state index in [9.17, 15) is 0 Å². The average Bonchev–Trinajstić information content (AvgIpc) is 2.01. The molecular weight excluding hydrogens is 240 g/mol. The highest BCUT2D eigenvalue weighted by Crippen LogP contribution is 2.26. The van der Waals surface area contributed by atoms with Crippen molar-refractivity contribution in [1.82, 2.24) is 0 Å². The highest BCUT2D eigenvalue weighted by atomic mass is 79.9. The Labute approximate surface area is 94.2 Å². The molecule has 3 heteroatoms. The molecule has 0 radical (unpaired) electrons. The number of nitrogens with zero attached hydrogens (tertiary/aromatic N) is 1. The summed E-state index contributed by atoms with van der Waals surface area (Å²) < 4.78 is 1.13. The van der Waals surface area contributed by atoms with Crippen molar-refractivity contribution < 1.29 is 0 Å². The van der Waals surface area contributed by atoms with Crippen molar-refractivity contribution in [3.8, 4) is 0 Å². The Morgan fingerprint density at radius 2 is 2.07 bits per heavy atom. The van der Waals surface area contributed by atoms with E-state index in [1.54, 1.807) is 0 Å². The molecule has 0 saturated carbocycles. The van der Waals surface area contributed by atoms with E-state index in [-0.39, 0.29) is 6.04 Å². The van der Waals surface area contributed by atoms with Crippen LogP contribution in [-0.4, -0.2) is 20.1 Å². The molecule has 0 amide bonds. The van der Waals surface area contributed by atoms with Gasteiger partial charge in [-0.3, -0.25) is 0 Å². The summed E-state index contributed by atoms with van der Waals surface area (Å²) in [5.41, 5.74) is 8.22. The lowest BCUT2D eigenvalue weighted by molar-refractivity contribution is 0.738. The molecule has 1 aromatic rings. The van der Waals surface area contributed by atoms with E-state index in [2.05, 4.69) is 39.0 Å². The van der Waals surface area contributed by atoms with Gasteiger partial charge in [0.25, 0.3) is 0 Å². The highest BCUT2D eigenvalue weighted by Gasteiger charge is 2.04. The predicted molar refractivity (Wildman–Crippen MR) is 65.8 cm³/mol. The molecule has 0 aliphatic heterocycles. The van der Waals surface area contributed by atoms with Gasteiger partial charge in [-0.25, -0.2) is 0 Å². The van der Waals surface area contributed by atoms with Gasteiger partial charge in [0.15, 0.2) is 0 Å². The smallest absolute Gasteiger partial charge is 0.0505 e. The third-order valence-electron chi connectivity index (χ3n) is 2.05. The lowest BCUT2D eigenvalue weighted by Gasteiger charge is -2.15. The number of hydrogen-bond donors (Lipinski definition) is 1. The number of hydrogen-bond acceptors (Lipinski definition) is 2. The fourth-order valence-corrected chi connectivity index (χ4v) is 2.19. The second-order valence-corrected chi connectivity index (χ2v) is 4.72. The zero-order valence-corrected chi connectivity index (χ0v) is 10.5. The minimum atomic E-state index is 0.215. The molecule has 1 atom stereocenters. The zero-order valence-electron chi connectivity index (χ0n) is 8.92. The molecule has 0 bridgehead atoms. The highest BCUT2D eigenvalue weighted by molar-refractivity contribution is 9.10. The van der Waals surface area contributed by atoms with Crippen LogP contribution in [0.5, 0.6) is 0 Å². The summed E-state index contributed by atoms with van der Waals surface area (Å²) in [5.74, 6) is 0. The minimum Gasteiger partial charge on any atom is -0.377 e. The Hall–Kier alpha value is -0.540. The average molecular weight is 257 g/mol. The van der Waals surface area contributed by atoms with Gasteiger partial charge < -0.3 is 10.6 Å². The fourth-order valence-electron chi connectivity index (χ4n) is 1.41. The third kappa shape index (κ3) is 3.00. The maximum absolute atomic E-state index is 5.75. The predicted octanol–water partition coefficient (Wildman–Crippen LogP) is 2.40. The number of halogens is 1. The SMILES string of the molecule is CC(N)Cc1ccc(N(C)C)c(Br)c1. The van der Waals surface area contributed by atoms with Gasteiger partial charge in [0, 0.05) is 24.6 Å². The molecule has 1 unspecified atom stereocenters.